The second-order valence-electron chi connectivity index (χ2n) is 8.50. The molecule has 0 bridgehead atoms. The fraction of sp³-hybridized carbons (Fsp3) is 0.565. The number of hydrogen-bond acceptors (Lipinski definition) is 3. The SMILES string of the molecule is C=C[C@@H]1CCCCC1CC(=O)[C@H](Cc1ccccc1)NC(=O)OC(C)(C)C. The average Bonchev–Trinajstić information content (AvgIpc) is 2.61. The highest BCUT2D eigenvalue weighted by atomic mass is 16.6. The van der Waals surface area contributed by atoms with Crippen LogP contribution in [-0.4, -0.2) is 23.5 Å². The van der Waals surface area contributed by atoms with E-state index in [1.54, 1.807) is 0 Å². The van der Waals surface area contributed by atoms with E-state index in [0.717, 1.165) is 24.8 Å². The molecule has 1 N–H and O–H groups in total. The van der Waals surface area contributed by atoms with Crippen LogP contribution in [0.15, 0.2) is 43.0 Å². The first kappa shape index (κ1) is 21.2. The summed E-state index contributed by atoms with van der Waals surface area (Å²) in [5.74, 6) is 0.785. The second kappa shape index (κ2) is 9.72. The fourth-order valence-electron chi connectivity index (χ4n) is 3.75. The summed E-state index contributed by atoms with van der Waals surface area (Å²) in [4.78, 5) is 25.3. The van der Waals surface area contributed by atoms with Crippen molar-refractivity contribution < 1.29 is 14.3 Å². The van der Waals surface area contributed by atoms with Gasteiger partial charge >= 0.3 is 6.09 Å². The molecule has 4 heteroatoms. The minimum atomic E-state index is -0.596. The Labute approximate surface area is 163 Å². The number of carbonyl (C=O) groups is 2. The Kier molecular flexibility index (Phi) is 7.64. The second-order valence-corrected chi connectivity index (χ2v) is 8.50. The molecule has 27 heavy (non-hydrogen) atoms. The van der Waals surface area contributed by atoms with E-state index in [1.807, 2.05) is 57.2 Å². The van der Waals surface area contributed by atoms with Gasteiger partial charge in [-0.05, 0) is 57.4 Å². The molecule has 3 atom stereocenters. The smallest absolute Gasteiger partial charge is 0.408 e. The van der Waals surface area contributed by atoms with Crippen LogP contribution in [0, 0.1) is 11.8 Å². The van der Waals surface area contributed by atoms with Crippen LogP contribution in [0.5, 0.6) is 0 Å². The Morgan fingerprint density at radius 1 is 1.22 bits per heavy atom. The van der Waals surface area contributed by atoms with Crippen molar-refractivity contribution in [1.82, 2.24) is 5.32 Å². The van der Waals surface area contributed by atoms with Crippen molar-refractivity contribution in [3.05, 3.63) is 48.6 Å². The predicted octanol–water partition coefficient (Wildman–Crippen LogP) is 5.07. The molecular weight excluding hydrogens is 338 g/mol. The van der Waals surface area contributed by atoms with Crippen molar-refractivity contribution >= 4 is 11.9 Å². The van der Waals surface area contributed by atoms with Crippen LogP contribution in [0.3, 0.4) is 0 Å². The lowest BCUT2D eigenvalue weighted by atomic mass is 9.76. The van der Waals surface area contributed by atoms with E-state index in [-0.39, 0.29) is 5.78 Å². The fourth-order valence-corrected chi connectivity index (χ4v) is 3.75. The molecule has 0 aliphatic heterocycles. The number of hydrogen-bond donors (Lipinski definition) is 1. The molecular formula is C23H33NO3. The van der Waals surface area contributed by atoms with E-state index in [4.69, 9.17) is 4.74 Å². The Morgan fingerprint density at radius 2 is 1.89 bits per heavy atom. The monoisotopic (exact) mass is 371 g/mol. The minimum absolute atomic E-state index is 0.0727. The number of allylic oxidation sites excluding steroid dienone is 1. The van der Waals surface area contributed by atoms with Gasteiger partial charge in [0.2, 0.25) is 0 Å². The third-order valence-electron chi connectivity index (χ3n) is 5.10. The van der Waals surface area contributed by atoms with E-state index < -0.39 is 17.7 Å². The molecule has 1 aliphatic rings. The maximum absolute atomic E-state index is 13.1. The van der Waals surface area contributed by atoms with E-state index in [1.165, 1.54) is 6.42 Å². The average molecular weight is 372 g/mol. The summed E-state index contributed by atoms with van der Waals surface area (Å²) in [5.41, 5.74) is 0.428. The van der Waals surface area contributed by atoms with Crippen molar-refractivity contribution in [3.8, 4) is 0 Å². The molecule has 0 radical (unpaired) electrons. The topological polar surface area (TPSA) is 55.4 Å². The van der Waals surface area contributed by atoms with Crippen LogP contribution in [0.1, 0.15) is 58.4 Å². The van der Waals surface area contributed by atoms with E-state index in [2.05, 4.69) is 11.9 Å². The lowest BCUT2D eigenvalue weighted by molar-refractivity contribution is -0.122. The van der Waals surface area contributed by atoms with Gasteiger partial charge in [-0.1, -0.05) is 49.2 Å². The number of nitrogens with one attached hydrogen (secondary N) is 1. The predicted molar refractivity (Wildman–Crippen MR) is 109 cm³/mol. The van der Waals surface area contributed by atoms with Crippen LogP contribution in [0.4, 0.5) is 4.79 Å². The molecule has 1 aliphatic carbocycles. The zero-order chi connectivity index (χ0) is 19.9. The summed E-state index contributed by atoms with van der Waals surface area (Å²) < 4.78 is 5.37. The minimum Gasteiger partial charge on any atom is -0.444 e. The highest BCUT2D eigenvalue weighted by Crippen LogP contribution is 2.33. The van der Waals surface area contributed by atoms with E-state index >= 15 is 0 Å². The van der Waals surface area contributed by atoms with Crippen LogP contribution in [0.2, 0.25) is 0 Å². The van der Waals surface area contributed by atoms with Gasteiger partial charge in [0.1, 0.15) is 5.60 Å². The van der Waals surface area contributed by atoms with Crippen molar-refractivity contribution in [2.45, 2.75) is 70.9 Å². The molecule has 0 aromatic heterocycles. The molecule has 1 amide bonds. The van der Waals surface area contributed by atoms with Crippen molar-refractivity contribution in [2.75, 3.05) is 0 Å². The number of ketones is 1. The van der Waals surface area contributed by atoms with E-state index in [0.29, 0.717) is 24.7 Å². The maximum Gasteiger partial charge on any atom is 0.408 e. The number of carbonyl (C=O) groups excluding carboxylic acids is 2. The van der Waals surface area contributed by atoms with Crippen LogP contribution >= 0.6 is 0 Å². The van der Waals surface area contributed by atoms with Gasteiger partial charge in [-0.3, -0.25) is 4.79 Å². The number of Topliss-reactive ketones (excluding diaryl/α,β-unsaturated/α-hetero) is 1. The largest absolute Gasteiger partial charge is 0.444 e. The Hall–Kier alpha value is -2.10. The summed E-state index contributed by atoms with van der Waals surface area (Å²) in [6, 6.07) is 9.21. The van der Waals surface area contributed by atoms with Gasteiger partial charge in [-0.2, -0.15) is 0 Å². The van der Waals surface area contributed by atoms with Crippen LogP contribution in [0.25, 0.3) is 0 Å². The quantitative estimate of drug-likeness (QED) is 0.681. The third-order valence-corrected chi connectivity index (χ3v) is 5.10. The van der Waals surface area contributed by atoms with Crippen molar-refractivity contribution in [2.24, 2.45) is 11.8 Å². The Bertz CT molecular complexity index is 633. The summed E-state index contributed by atoms with van der Waals surface area (Å²) >= 11 is 0. The molecule has 0 spiro atoms. The Morgan fingerprint density at radius 3 is 2.52 bits per heavy atom. The molecule has 1 fully saturated rings. The van der Waals surface area contributed by atoms with Gasteiger partial charge in [0.05, 0.1) is 6.04 Å². The number of benzene rings is 1. The Balaban J connectivity index is 2.08. The standard InChI is InChI=1S/C23H33NO3/c1-5-18-13-9-10-14-19(18)16-21(25)20(15-17-11-7-6-8-12-17)24-22(26)27-23(2,3)4/h5-8,11-12,18-20H,1,9-10,13-16H2,2-4H3,(H,24,26)/t18-,19?,20+/m1/s1. The molecule has 148 valence electrons. The molecule has 2 rings (SSSR count). The van der Waals surface area contributed by atoms with Gasteiger partial charge in [0, 0.05) is 6.42 Å². The van der Waals surface area contributed by atoms with Gasteiger partial charge < -0.3 is 10.1 Å². The normalized spacial score (nSPS) is 21.1. The van der Waals surface area contributed by atoms with Crippen LogP contribution < -0.4 is 5.32 Å². The summed E-state index contributed by atoms with van der Waals surface area (Å²) in [5, 5.41) is 2.81. The highest BCUT2D eigenvalue weighted by Gasteiger charge is 2.30. The van der Waals surface area contributed by atoms with Gasteiger partial charge in [-0.15, -0.1) is 6.58 Å². The first-order valence-corrected chi connectivity index (χ1v) is 9.97. The van der Waals surface area contributed by atoms with E-state index in [9.17, 15) is 9.59 Å². The molecule has 1 aromatic carbocycles. The van der Waals surface area contributed by atoms with Crippen LogP contribution in [-0.2, 0) is 16.0 Å². The summed E-state index contributed by atoms with van der Waals surface area (Å²) in [6.07, 6.45) is 6.91. The molecule has 4 nitrogen and oxygen atoms in total. The molecule has 0 saturated heterocycles. The number of rotatable bonds is 7. The molecule has 1 aromatic rings. The maximum atomic E-state index is 13.1. The van der Waals surface area contributed by atoms with Crippen molar-refractivity contribution in [1.29, 1.82) is 0 Å². The summed E-state index contributed by atoms with van der Waals surface area (Å²) in [7, 11) is 0. The lowest BCUT2D eigenvalue weighted by Crippen LogP contribution is -2.45. The first-order chi connectivity index (χ1) is 12.8. The lowest BCUT2D eigenvalue weighted by Gasteiger charge is -2.30. The van der Waals surface area contributed by atoms with Gasteiger partial charge in [0.15, 0.2) is 5.78 Å². The molecule has 1 saturated carbocycles. The molecule has 1 unspecified atom stereocenters. The first-order valence-electron chi connectivity index (χ1n) is 9.97. The highest BCUT2D eigenvalue weighted by molar-refractivity contribution is 5.88. The van der Waals surface area contributed by atoms with Crippen molar-refractivity contribution in [3.63, 3.8) is 0 Å². The molecule has 0 heterocycles. The number of ether oxygens (including phenoxy) is 1. The van der Waals surface area contributed by atoms with Gasteiger partial charge in [-0.25, -0.2) is 4.79 Å². The third kappa shape index (κ3) is 7.20. The summed E-state index contributed by atoms with van der Waals surface area (Å²) in [6.45, 7) is 9.39. The zero-order valence-electron chi connectivity index (χ0n) is 16.9. The van der Waals surface area contributed by atoms with Gasteiger partial charge in [0.25, 0.3) is 0 Å². The number of amides is 1. The number of alkyl carbamates (subject to hydrolysis) is 1. The zero-order valence-corrected chi connectivity index (χ0v) is 16.9.